The van der Waals surface area contributed by atoms with Crippen LogP contribution in [0.4, 0.5) is 5.95 Å². The summed E-state index contributed by atoms with van der Waals surface area (Å²) >= 11 is 0. The van der Waals surface area contributed by atoms with E-state index in [1.54, 1.807) is 47.7 Å². The van der Waals surface area contributed by atoms with Crippen LogP contribution in [-0.2, 0) is 16.9 Å². The quantitative estimate of drug-likeness (QED) is 0.285. The molecule has 0 bridgehead atoms. The summed E-state index contributed by atoms with van der Waals surface area (Å²) in [6.07, 6.45) is 14.2. The predicted molar refractivity (Wildman–Crippen MR) is 151 cm³/mol. The lowest BCUT2D eigenvalue weighted by Crippen LogP contribution is -2.37. The van der Waals surface area contributed by atoms with Gasteiger partial charge in [0.1, 0.15) is 17.8 Å². The number of aromatic amines is 1. The number of nitrogens with zero attached hydrogens (tertiary/aromatic N) is 7. The fraction of sp³-hybridized carbons (Fsp3) is 0.310. The highest BCUT2D eigenvalue weighted by Crippen LogP contribution is 2.35. The van der Waals surface area contributed by atoms with Gasteiger partial charge in [-0.05, 0) is 55.5 Å². The zero-order valence-electron chi connectivity index (χ0n) is 22.3. The third-order valence-corrected chi connectivity index (χ3v) is 7.62. The minimum Gasteiger partial charge on any atom is -0.379 e. The van der Waals surface area contributed by atoms with Crippen molar-refractivity contribution < 1.29 is 9.90 Å². The van der Waals surface area contributed by atoms with Gasteiger partial charge in [0.25, 0.3) is 0 Å². The number of carbonyl (C=O) groups excluding carboxylic acids is 1. The first-order valence-corrected chi connectivity index (χ1v) is 13.5. The van der Waals surface area contributed by atoms with E-state index in [4.69, 9.17) is 5.73 Å². The highest BCUT2D eigenvalue weighted by molar-refractivity contribution is 5.95. The van der Waals surface area contributed by atoms with E-state index >= 15 is 0 Å². The minimum atomic E-state index is -1.36. The number of H-pyrrole nitrogens is 1. The Morgan fingerprint density at radius 3 is 2.67 bits per heavy atom. The summed E-state index contributed by atoms with van der Waals surface area (Å²) in [6, 6.07) is 7.31. The van der Waals surface area contributed by atoms with E-state index in [2.05, 4.69) is 30.0 Å². The molecule has 4 N–H and O–H groups in total. The van der Waals surface area contributed by atoms with Crippen molar-refractivity contribution in [1.82, 2.24) is 39.6 Å². The number of anilines is 1. The molecule has 11 nitrogen and oxygen atoms in total. The first-order chi connectivity index (χ1) is 19.4. The largest absolute Gasteiger partial charge is 0.379 e. The van der Waals surface area contributed by atoms with Gasteiger partial charge in [0.15, 0.2) is 0 Å². The molecule has 5 aromatic heterocycles. The van der Waals surface area contributed by atoms with Crippen LogP contribution < -0.4 is 5.73 Å². The molecule has 40 heavy (non-hydrogen) atoms. The van der Waals surface area contributed by atoms with Crippen LogP contribution in [0.2, 0.25) is 0 Å². The van der Waals surface area contributed by atoms with Crippen LogP contribution >= 0.6 is 0 Å². The van der Waals surface area contributed by atoms with Crippen molar-refractivity contribution in [3.05, 3.63) is 72.7 Å². The van der Waals surface area contributed by atoms with Crippen LogP contribution in [0.1, 0.15) is 43.9 Å². The lowest BCUT2D eigenvalue weighted by Gasteiger charge is -2.27. The van der Waals surface area contributed by atoms with Gasteiger partial charge in [-0.1, -0.05) is 6.92 Å². The van der Waals surface area contributed by atoms with Gasteiger partial charge in [-0.25, -0.2) is 15.0 Å². The van der Waals surface area contributed by atoms with Crippen molar-refractivity contribution >= 4 is 22.9 Å². The molecule has 6 rings (SSSR count). The fourth-order valence-corrected chi connectivity index (χ4v) is 5.33. The zero-order chi connectivity index (χ0) is 27.7. The fourth-order valence-electron chi connectivity index (χ4n) is 5.33. The van der Waals surface area contributed by atoms with E-state index in [1.807, 2.05) is 30.3 Å². The Balaban J connectivity index is 1.32. The Morgan fingerprint density at radius 1 is 1.10 bits per heavy atom. The van der Waals surface area contributed by atoms with Gasteiger partial charge in [-0.15, -0.1) is 0 Å². The van der Waals surface area contributed by atoms with Gasteiger partial charge in [-0.2, -0.15) is 5.10 Å². The summed E-state index contributed by atoms with van der Waals surface area (Å²) in [5.41, 5.74) is 9.61. The normalized spacial score (nSPS) is 15.3. The van der Waals surface area contributed by atoms with Gasteiger partial charge >= 0.3 is 0 Å². The number of fused-ring (bicyclic) bond motifs is 1. The minimum absolute atomic E-state index is 0.0616. The number of piperidine rings is 1. The third kappa shape index (κ3) is 4.79. The highest BCUT2D eigenvalue weighted by Gasteiger charge is 2.32. The number of nitrogen functional groups attached to an aromatic ring is 1. The van der Waals surface area contributed by atoms with Crippen molar-refractivity contribution in [2.24, 2.45) is 0 Å². The third-order valence-electron chi connectivity index (χ3n) is 7.62. The zero-order valence-corrected chi connectivity index (χ0v) is 22.3. The molecule has 1 amide bonds. The van der Waals surface area contributed by atoms with Crippen molar-refractivity contribution in [2.45, 2.75) is 44.8 Å². The Hall–Kier alpha value is -4.64. The molecule has 6 heterocycles. The molecule has 204 valence electrons. The smallest absolute Gasteiger partial charge is 0.244 e. The molecule has 1 aliphatic rings. The summed E-state index contributed by atoms with van der Waals surface area (Å²) in [5.74, 6) is 0.151. The van der Waals surface area contributed by atoms with Gasteiger partial charge in [0, 0.05) is 66.2 Å². The van der Waals surface area contributed by atoms with E-state index < -0.39 is 5.60 Å². The maximum atomic E-state index is 12.7. The molecule has 1 atom stereocenters. The van der Waals surface area contributed by atoms with E-state index in [1.165, 1.54) is 6.42 Å². The standard InChI is InChI=1S/C29H31N9O2/c1-2-29(40,21-6-8-31-9-7-21)25-13-24(35-28(30)36-25)23-16-33-27-22(23)12-19(14-32-27)20-15-34-38(17-20)18-26(39)37-10-4-3-5-11-37/h6-9,12-17,40H,2-5,10-11,18H2,1H3,(H,32,33)(H2,30,35,36)/t29-/m0/s1. The van der Waals surface area contributed by atoms with Crippen molar-refractivity contribution in [3.8, 4) is 22.4 Å². The van der Waals surface area contributed by atoms with E-state index in [9.17, 15) is 9.90 Å². The number of hydrogen-bond donors (Lipinski definition) is 3. The summed E-state index contributed by atoms with van der Waals surface area (Å²) in [6.45, 7) is 3.74. The van der Waals surface area contributed by atoms with E-state index in [0.29, 0.717) is 29.0 Å². The Kier molecular flexibility index (Phi) is 6.72. The first-order valence-electron chi connectivity index (χ1n) is 13.5. The summed E-state index contributed by atoms with van der Waals surface area (Å²) < 4.78 is 1.68. The average molecular weight is 538 g/mol. The number of amides is 1. The topological polar surface area (TPSA) is 152 Å². The summed E-state index contributed by atoms with van der Waals surface area (Å²) in [5, 5.41) is 16.9. The van der Waals surface area contributed by atoms with Crippen LogP contribution in [0.5, 0.6) is 0 Å². The molecule has 5 aromatic rings. The molecule has 0 radical (unpaired) electrons. The van der Waals surface area contributed by atoms with Gasteiger partial charge in [0.05, 0.1) is 17.6 Å². The Bertz CT molecular complexity index is 1660. The van der Waals surface area contributed by atoms with Crippen molar-refractivity contribution in [1.29, 1.82) is 0 Å². The van der Waals surface area contributed by atoms with Crippen LogP contribution in [0.3, 0.4) is 0 Å². The number of rotatable bonds is 7. The van der Waals surface area contributed by atoms with Crippen molar-refractivity contribution in [3.63, 3.8) is 0 Å². The monoisotopic (exact) mass is 537 g/mol. The molecule has 1 saturated heterocycles. The number of pyridine rings is 2. The maximum Gasteiger partial charge on any atom is 0.244 e. The SMILES string of the molecule is CC[C@](O)(c1ccncc1)c1cc(-c2c[nH]c3ncc(-c4cnn(CC(=O)N5CCCCC5)c4)cc23)nc(N)n1. The highest BCUT2D eigenvalue weighted by atomic mass is 16.3. The molecule has 1 fully saturated rings. The molecule has 0 unspecified atom stereocenters. The second-order valence-corrected chi connectivity index (χ2v) is 10.1. The molecule has 0 spiro atoms. The second-order valence-electron chi connectivity index (χ2n) is 10.1. The van der Waals surface area contributed by atoms with Gasteiger partial charge < -0.3 is 20.7 Å². The maximum absolute atomic E-state index is 12.7. The van der Waals surface area contributed by atoms with E-state index in [0.717, 1.165) is 48.0 Å². The Labute approximate surface area is 231 Å². The van der Waals surface area contributed by atoms with Crippen molar-refractivity contribution in [2.75, 3.05) is 18.8 Å². The van der Waals surface area contributed by atoms with Crippen LogP contribution in [0.15, 0.2) is 61.4 Å². The number of nitrogens with two attached hydrogens (primary N) is 1. The summed E-state index contributed by atoms with van der Waals surface area (Å²) in [4.78, 5) is 35.4. The first kappa shape index (κ1) is 25.6. The molecule has 1 aliphatic heterocycles. The predicted octanol–water partition coefficient (Wildman–Crippen LogP) is 3.52. The lowest BCUT2D eigenvalue weighted by molar-refractivity contribution is -0.132. The van der Waals surface area contributed by atoms with Crippen LogP contribution in [0.25, 0.3) is 33.4 Å². The number of nitrogens with one attached hydrogen (secondary N) is 1. The molecule has 0 aliphatic carbocycles. The number of aromatic nitrogens is 7. The summed E-state index contributed by atoms with van der Waals surface area (Å²) in [7, 11) is 0. The molecule has 0 saturated carbocycles. The molecule has 11 heteroatoms. The lowest BCUT2D eigenvalue weighted by atomic mass is 9.87. The molecule has 0 aromatic carbocycles. The number of carbonyl (C=O) groups is 1. The van der Waals surface area contributed by atoms with Crippen LogP contribution in [-0.4, -0.2) is 63.7 Å². The molecular formula is C29H31N9O2. The number of likely N-dealkylation sites (tertiary alicyclic amines) is 1. The van der Waals surface area contributed by atoms with Gasteiger partial charge in [0.2, 0.25) is 11.9 Å². The Morgan fingerprint density at radius 2 is 1.90 bits per heavy atom. The molecular weight excluding hydrogens is 506 g/mol. The van der Waals surface area contributed by atoms with E-state index in [-0.39, 0.29) is 18.4 Å². The number of hydrogen-bond acceptors (Lipinski definition) is 8. The second kappa shape index (κ2) is 10.5. The van der Waals surface area contributed by atoms with Crippen LogP contribution in [0, 0.1) is 0 Å². The average Bonchev–Trinajstić information content (AvgIpc) is 3.64. The number of aliphatic hydroxyl groups is 1. The van der Waals surface area contributed by atoms with Gasteiger partial charge in [-0.3, -0.25) is 14.5 Å².